The van der Waals surface area contributed by atoms with Crippen LogP contribution in [0.5, 0.6) is 0 Å². The molecule has 0 spiro atoms. The van der Waals surface area contributed by atoms with E-state index >= 15 is 0 Å². The van der Waals surface area contributed by atoms with E-state index in [1.165, 1.54) is 11.3 Å². The molecule has 0 fully saturated rings. The minimum Gasteiger partial charge on any atom is -0.449 e. The zero-order chi connectivity index (χ0) is 22.8. The molecular weight excluding hydrogens is 438 g/mol. The first kappa shape index (κ1) is 20.8. The van der Waals surface area contributed by atoms with Crippen LogP contribution in [-0.2, 0) is 9.53 Å². The molecule has 0 aliphatic carbocycles. The average molecular weight is 458 g/mol. The van der Waals surface area contributed by atoms with E-state index in [-0.39, 0.29) is 5.56 Å². The van der Waals surface area contributed by atoms with E-state index in [1.54, 1.807) is 31.2 Å². The zero-order valence-corrected chi connectivity index (χ0v) is 18.5. The largest absolute Gasteiger partial charge is 0.449 e. The number of nitrogens with zero attached hydrogens (tertiary/aromatic N) is 2. The Morgan fingerprint density at radius 2 is 1.70 bits per heavy atom. The van der Waals surface area contributed by atoms with E-state index < -0.39 is 18.0 Å². The van der Waals surface area contributed by atoms with Crippen molar-refractivity contribution in [3.05, 3.63) is 78.4 Å². The van der Waals surface area contributed by atoms with Crippen molar-refractivity contribution in [2.45, 2.75) is 19.4 Å². The Labute approximate surface area is 193 Å². The fourth-order valence-corrected chi connectivity index (χ4v) is 4.33. The van der Waals surface area contributed by atoms with Crippen molar-refractivity contribution in [2.75, 3.05) is 5.32 Å². The highest BCUT2D eigenvalue weighted by Crippen LogP contribution is 2.28. The molecule has 1 N–H and O–H groups in total. The van der Waals surface area contributed by atoms with Crippen molar-refractivity contribution in [1.82, 2.24) is 9.97 Å². The Bertz CT molecular complexity index is 1410. The van der Waals surface area contributed by atoms with Crippen LogP contribution in [0.2, 0.25) is 0 Å². The van der Waals surface area contributed by atoms with Gasteiger partial charge in [0.25, 0.3) is 5.91 Å². The minimum atomic E-state index is -0.971. The molecule has 3 aromatic carbocycles. The smallest absolute Gasteiger partial charge is 0.339 e. The zero-order valence-electron chi connectivity index (χ0n) is 17.6. The molecule has 1 amide bonds. The molecule has 0 bridgehead atoms. The molecule has 164 valence electrons. The fourth-order valence-electron chi connectivity index (χ4n) is 3.46. The van der Waals surface area contributed by atoms with Crippen LogP contribution < -0.4 is 5.32 Å². The Kier molecular flexibility index (Phi) is 5.58. The molecule has 2 heterocycles. The number of nitrogens with one attached hydrogen (secondary N) is 1. The minimum absolute atomic E-state index is 0.273. The highest BCUT2D eigenvalue weighted by molar-refractivity contribution is 7.22. The lowest BCUT2D eigenvalue weighted by Gasteiger charge is -2.16. The average Bonchev–Trinajstić information content (AvgIpc) is 3.45. The maximum Gasteiger partial charge on any atom is 0.339 e. The third-order valence-electron chi connectivity index (χ3n) is 5.11. The van der Waals surface area contributed by atoms with Gasteiger partial charge in [0, 0.05) is 0 Å². The van der Waals surface area contributed by atoms with Crippen molar-refractivity contribution < 1.29 is 18.7 Å². The van der Waals surface area contributed by atoms with Gasteiger partial charge in [-0.1, -0.05) is 54.7 Å². The number of carbonyl (C=O) groups excluding carboxylic acids is 2. The molecule has 0 aliphatic rings. The van der Waals surface area contributed by atoms with E-state index in [0.29, 0.717) is 34.1 Å². The topological polar surface area (TPSA) is 94.3 Å². The normalized spacial score (nSPS) is 12.0. The van der Waals surface area contributed by atoms with Crippen LogP contribution in [0, 0.1) is 0 Å². The molecule has 0 aliphatic heterocycles. The van der Waals surface area contributed by atoms with Crippen molar-refractivity contribution in [3.63, 3.8) is 0 Å². The quantitative estimate of drug-likeness (QED) is 0.330. The fraction of sp³-hybridized carbons (Fsp3) is 0.120. The van der Waals surface area contributed by atoms with Gasteiger partial charge in [-0.3, -0.25) is 10.1 Å². The van der Waals surface area contributed by atoms with Crippen LogP contribution in [0.25, 0.3) is 32.8 Å². The summed E-state index contributed by atoms with van der Waals surface area (Å²) < 4.78 is 12.4. The van der Waals surface area contributed by atoms with Gasteiger partial charge >= 0.3 is 5.97 Å². The van der Waals surface area contributed by atoms with Gasteiger partial charge in [-0.2, -0.15) is 0 Å². The predicted octanol–water partition coefficient (Wildman–Crippen LogP) is 5.68. The summed E-state index contributed by atoms with van der Waals surface area (Å²) in [4.78, 5) is 34.7. The van der Waals surface area contributed by atoms with Gasteiger partial charge < -0.3 is 9.15 Å². The second-order valence-corrected chi connectivity index (χ2v) is 8.34. The summed E-state index contributed by atoms with van der Waals surface area (Å²) in [5, 5.41) is 3.22. The molecule has 0 saturated carbocycles. The molecule has 5 aromatic rings. The lowest BCUT2D eigenvalue weighted by atomic mass is 10.1. The van der Waals surface area contributed by atoms with E-state index in [0.717, 1.165) is 10.2 Å². The number of anilines is 1. The summed E-state index contributed by atoms with van der Waals surface area (Å²) in [5.74, 6) is -0.737. The number of amides is 1. The summed E-state index contributed by atoms with van der Waals surface area (Å²) in [7, 11) is 0. The number of ether oxygens (including phenoxy) is 1. The Morgan fingerprint density at radius 3 is 2.48 bits per heavy atom. The number of fused-ring (bicyclic) bond motifs is 2. The number of carbonyl (C=O) groups is 2. The Balaban J connectivity index is 1.36. The molecule has 8 heteroatoms. The standard InChI is InChI=1S/C25H19N3O4S/c1-2-19(22(29)28-25-27-18-12-6-8-14-21(18)33-25)32-24(30)16-10-4-3-9-15(16)23-26-17-11-5-7-13-20(17)31-23/h3-14,19H,2H2,1H3,(H,27,28,29). The molecule has 0 radical (unpaired) electrons. The van der Waals surface area contributed by atoms with E-state index in [2.05, 4.69) is 15.3 Å². The SMILES string of the molecule is CCC(OC(=O)c1ccccc1-c1nc2ccccc2o1)C(=O)Nc1nc2ccccc2s1. The summed E-state index contributed by atoms with van der Waals surface area (Å²) in [5.41, 5.74) is 2.89. The third kappa shape index (κ3) is 4.20. The van der Waals surface area contributed by atoms with Crippen LogP contribution in [0.4, 0.5) is 5.13 Å². The molecule has 0 saturated heterocycles. The second kappa shape index (κ2) is 8.84. The van der Waals surface area contributed by atoms with Gasteiger partial charge in [0.05, 0.1) is 21.3 Å². The third-order valence-corrected chi connectivity index (χ3v) is 6.06. The number of hydrogen-bond donors (Lipinski definition) is 1. The van der Waals surface area contributed by atoms with Crippen molar-refractivity contribution in [3.8, 4) is 11.5 Å². The van der Waals surface area contributed by atoms with Gasteiger partial charge in [-0.25, -0.2) is 14.8 Å². The summed E-state index contributed by atoms with van der Waals surface area (Å²) in [6, 6.07) is 21.9. The molecule has 2 aromatic heterocycles. The summed E-state index contributed by atoms with van der Waals surface area (Å²) in [6.45, 7) is 1.78. The molecule has 1 atom stereocenters. The number of esters is 1. The molecule has 1 unspecified atom stereocenters. The molecule has 7 nitrogen and oxygen atoms in total. The number of para-hydroxylation sites is 3. The summed E-state index contributed by atoms with van der Waals surface area (Å²) in [6.07, 6.45) is -0.658. The monoisotopic (exact) mass is 457 g/mol. The van der Waals surface area contributed by atoms with Crippen LogP contribution >= 0.6 is 11.3 Å². The van der Waals surface area contributed by atoms with Crippen LogP contribution in [0.1, 0.15) is 23.7 Å². The highest BCUT2D eigenvalue weighted by atomic mass is 32.1. The summed E-state index contributed by atoms with van der Waals surface area (Å²) >= 11 is 1.37. The Morgan fingerprint density at radius 1 is 0.970 bits per heavy atom. The van der Waals surface area contributed by atoms with Crippen LogP contribution in [0.3, 0.4) is 0 Å². The number of rotatable bonds is 6. The highest BCUT2D eigenvalue weighted by Gasteiger charge is 2.25. The number of aromatic nitrogens is 2. The van der Waals surface area contributed by atoms with E-state index in [4.69, 9.17) is 9.15 Å². The van der Waals surface area contributed by atoms with Crippen molar-refractivity contribution >= 4 is 49.7 Å². The molecule has 33 heavy (non-hydrogen) atoms. The van der Waals surface area contributed by atoms with Crippen molar-refractivity contribution in [1.29, 1.82) is 0 Å². The van der Waals surface area contributed by atoms with Crippen LogP contribution in [0.15, 0.2) is 77.2 Å². The number of thiazole rings is 1. The van der Waals surface area contributed by atoms with Gasteiger partial charge in [-0.05, 0) is 42.8 Å². The first-order valence-electron chi connectivity index (χ1n) is 10.4. The first-order valence-corrected chi connectivity index (χ1v) is 11.3. The predicted molar refractivity (Wildman–Crippen MR) is 127 cm³/mol. The maximum atomic E-state index is 13.0. The van der Waals surface area contributed by atoms with Crippen molar-refractivity contribution in [2.24, 2.45) is 0 Å². The maximum absolute atomic E-state index is 13.0. The molecular formula is C25H19N3O4S. The second-order valence-electron chi connectivity index (χ2n) is 7.31. The number of benzene rings is 3. The number of oxazole rings is 1. The van der Waals surface area contributed by atoms with E-state index in [1.807, 2.05) is 48.5 Å². The lowest BCUT2D eigenvalue weighted by molar-refractivity contribution is -0.124. The molecule has 5 rings (SSSR count). The van der Waals surface area contributed by atoms with Crippen LogP contribution in [-0.4, -0.2) is 27.9 Å². The van der Waals surface area contributed by atoms with E-state index in [9.17, 15) is 9.59 Å². The van der Waals surface area contributed by atoms with Gasteiger partial charge in [0.15, 0.2) is 16.8 Å². The first-order chi connectivity index (χ1) is 16.1. The number of hydrogen-bond acceptors (Lipinski definition) is 7. The van der Waals surface area contributed by atoms with Gasteiger partial charge in [0.1, 0.15) is 5.52 Å². The van der Waals surface area contributed by atoms with Gasteiger partial charge in [-0.15, -0.1) is 0 Å². The lowest BCUT2D eigenvalue weighted by Crippen LogP contribution is -2.32. The Hall–Kier alpha value is -4.04. The van der Waals surface area contributed by atoms with Gasteiger partial charge in [0.2, 0.25) is 5.89 Å².